The van der Waals surface area contributed by atoms with Gasteiger partial charge in [-0.2, -0.15) is 0 Å². The maximum absolute atomic E-state index is 12.2. The molecule has 132 valence electrons. The molecular weight excluding hydrogens is 324 g/mol. The molecule has 4 heteroatoms. The van der Waals surface area contributed by atoms with E-state index in [1.807, 2.05) is 54.6 Å². The summed E-state index contributed by atoms with van der Waals surface area (Å²) in [6, 6.07) is 21.2. The van der Waals surface area contributed by atoms with Crippen molar-refractivity contribution in [3.8, 4) is 0 Å². The fourth-order valence-electron chi connectivity index (χ4n) is 2.88. The van der Waals surface area contributed by atoms with Crippen molar-refractivity contribution in [3.63, 3.8) is 0 Å². The Morgan fingerprint density at radius 2 is 1.54 bits per heavy atom. The number of amides is 2. The highest BCUT2D eigenvalue weighted by Crippen LogP contribution is 2.18. The highest BCUT2D eigenvalue weighted by molar-refractivity contribution is 5.96. The monoisotopic (exact) mass is 346 g/mol. The molecule has 0 aromatic heterocycles. The number of nitrogens with one attached hydrogen (secondary N) is 2. The van der Waals surface area contributed by atoms with Crippen molar-refractivity contribution < 1.29 is 9.59 Å². The maximum atomic E-state index is 12.2. The first-order valence-electron chi connectivity index (χ1n) is 8.70. The van der Waals surface area contributed by atoms with E-state index < -0.39 is 0 Å². The zero-order valence-electron chi connectivity index (χ0n) is 15.0. The van der Waals surface area contributed by atoms with Gasteiger partial charge in [-0.05, 0) is 39.9 Å². The summed E-state index contributed by atoms with van der Waals surface area (Å²) in [4.78, 5) is 24.4. The van der Waals surface area contributed by atoms with E-state index in [0.29, 0.717) is 11.5 Å². The lowest BCUT2D eigenvalue weighted by Crippen LogP contribution is -2.42. The molecule has 0 aliphatic rings. The molecule has 0 unspecified atom stereocenters. The van der Waals surface area contributed by atoms with Gasteiger partial charge < -0.3 is 0 Å². The first-order valence-corrected chi connectivity index (χ1v) is 8.70. The van der Waals surface area contributed by atoms with E-state index in [9.17, 15) is 9.59 Å². The van der Waals surface area contributed by atoms with Crippen molar-refractivity contribution in [2.24, 2.45) is 0 Å². The van der Waals surface area contributed by atoms with Gasteiger partial charge in [0.15, 0.2) is 0 Å². The second kappa shape index (κ2) is 7.83. The first kappa shape index (κ1) is 17.7. The molecule has 3 aromatic rings. The number of hydrogen-bond acceptors (Lipinski definition) is 2. The summed E-state index contributed by atoms with van der Waals surface area (Å²) in [6.45, 7) is 4.20. The minimum Gasteiger partial charge on any atom is -0.273 e. The largest absolute Gasteiger partial charge is 0.273 e. The van der Waals surface area contributed by atoms with Gasteiger partial charge in [0, 0.05) is 5.56 Å². The summed E-state index contributed by atoms with van der Waals surface area (Å²) in [5.41, 5.74) is 7.58. The molecule has 4 nitrogen and oxygen atoms in total. The highest BCUT2D eigenvalue weighted by atomic mass is 16.2. The molecule has 0 aliphatic heterocycles. The molecule has 0 radical (unpaired) electrons. The van der Waals surface area contributed by atoms with Crippen molar-refractivity contribution in [3.05, 3.63) is 83.4 Å². The van der Waals surface area contributed by atoms with Gasteiger partial charge in [-0.15, -0.1) is 0 Å². The zero-order chi connectivity index (χ0) is 18.5. The Kier molecular flexibility index (Phi) is 5.32. The lowest BCUT2D eigenvalue weighted by Gasteiger charge is -2.10. The van der Waals surface area contributed by atoms with E-state index in [0.717, 1.165) is 16.3 Å². The van der Waals surface area contributed by atoms with Crippen LogP contribution in [0.4, 0.5) is 0 Å². The lowest BCUT2D eigenvalue weighted by atomic mass is 10.0. The Balaban J connectivity index is 1.60. The number of hydrazine groups is 1. The number of benzene rings is 3. The van der Waals surface area contributed by atoms with Crippen LogP contribution < -0.4 is 10.9 Å². The molecule has 3 rings (SSSR count). The zero-order valence-corrected chi connectivity index (χ0v) is 15.0. The summed E-state index contributed by atoms with van der Waals surface area (Å²) in [5.74, 6) is -0.174. The molecule has 2 N–H and O–H groups in total. The third-order valence-corrected chi connectivity index (χ3v) is 4.39. The molecule has 0 fully saturated rings. The van der Waals surface area contributed by atoms with Gasteiger partial charge in [0.1, 0.15) is 0 Å². The molecule has 0 heterocycles. The Labute approximate surface area is 153 Å². The maximum Gasteiger partial charge on any atom is 0.269 e. The van der Waals surface area contributed by atoms with Crippen LogP contribution in [0, 0.1) is 0 Å². The number of carbonyl (C=O) groups is 2. The lowest BCUT2D eigenvalue weighted by molar-refractivity contribution is -0.121. The van der Waals surface area contributed by atoms with Gasteiger partial charge >= 0.3 is 0 Å². The molecule has 0 bridgehead atoms. The minimum absolute atomic E-state index is 0.202. The van der Waals surface area contributed by atoms with Crippen LogP contribution in [0.25, 0.3) is 10.8 Å². The predicted octanol–water partition coefficient (Wildman–Crippen LogP) is 3.97. The summed E-state index contributed by atoms with van der Waals surface area (Å²) in [7, 11) is 0. The van der Waals surface area contributed by atoms with Crippen LogP contribution in [-0.2, 0) is 11.2 Å². The van der Waals surface area contributed by atoms with E-state index in [-0.39, 0.29) is 18.2 Å². The summed E-state index contributed by atoms with van der Waals surface area (Å²) in [6.07, 6.45) is 0.202. The number of hydrogen-bond donors (Lipinski definition) is 2. The number of rotatable bonds is 4. The van der Waals surface area contributed by atoms with Crippen molar-refractivity contribution in [1.29, 1.82) is 0 Å². The van der Waals surface area contributed by atoms with Gasteiger partial charge in [-0.1, -0.05) is 68.4 Å². The third kappa shape index (κ3) is 4.09. The van der Waals surface area contributed by atoms with E-state index in [4.69, 9.17) is 0 Å². The number of carbonyl (C=O) groups excluding carboxylic acids is 2. The molecule has 0 aliphatic carbocycles. The van der Waals surface area contributed by atoms with Crippen LogP contribution in [0.1, 0.15) is 41.3 Å². The summed E-state index contributed by atoms with van der Waals surface area (Å²) in [5, 5.41) is 2.13. The average Bonchev–Trinajstić information content (AvgIpc) is 2.66. The van der Waals surface area contributed by atoms with Crippen LogP contribution in [-0.4, -0.2) is 11.8 Å². The quantitative estimate of drug-likeness (QED) is 0.702. The third-order valence-electron chi connectivity index (χ3n) is 4.39. The van der Waals surface area contributed by atoms with Gasteiger partial charge in [0.05, 0.1) is 6.42 Å². The van der Waals surface area contributed by atoms with Gasteiger partial charge in [-0.3, -0.25) is 20.4 Å². The Morgan fingerprint density at radius 1 is 0.846 bits per heavy atom. The summed E-state index contributed by atoms with van der Waals surface area (Å²) < 4.78 is 0. The van der Waals surface area contributed by atoms with Crippen molar-refractivity contribution in [2.75, 3.05) is 0 Å². The minimum atomic E-state index is -0.327. The molecule has 0 saturated heterocycles. The molecule has 2 amide bonds. The van der Waals surface area contributed by atoms with E-state index >= 15 is 0 Å². The SMILES string of the molecule is CC(C)c1ccc(C(=O)NNC(=O)Cc2cccc3ccccc23)cc1. The molecule has 0 spiro atoms. The van der Waals surface area contributed by atoms with Crippen LogP contribution in [0.2, 0.25) is 0 Å². The van der Waals surface area contributed by atoms with Gasteiger partial charge in [0.25, 0.3) is 5.91 Å². The number of fused-ring (bicyclic) bond motifs is 1. The topological polar surface area (TPSA) is 58.2 Å². The van der Waals surface area contributed by atoms with E-state index in [1.165, 1.54) is 5.56 Å². The molecule has 0 atom stereocenters. The normalized spacial score (nSPS) is 10.7. The molecular formula is C22H22N2O2. The molecule has 26 heavy (non-hydrogen) atoms. The van der Waals surface area contributed by atoms with Crippen molar-refractivity contribution in [1.82, 2.24) is 10.9 Å². The second-order valence-electron chi connectivity index (χ2n) is 6.59. The standard InChI is InChI=1S/C22H22N2O2/c1-15(2)16-10-12-18(13-11-16)22(26)24-23-21(25)14-19-8-5-7-17-6-3-4-9-20(17)19/h3-13,15H,14H2,1-2H3,(H,23,25)(H,24,26). The Bertz CT molecular complexity index is 925. The summed E-state index contributed by atoms with van der Waals surface area (Å²) >= 11 is 0. The van der Waals surface area contributed by atoms with Crippen LogP contribution >= 0.6 is 0 Å². The fraction of sp³-hybridized carbons (Fsp3) is 0.182. The van der Waals surface area contributed by atoms with Crippen molar-refractivity contribution >= 4 is 22.6 Å². The van der Waals surface area contributed by atoms with E-state index in [2.05, 4.69) is 24.7 Å². The smallest absolute Gasteiger partial charge is 0.269 e. The Morgan fingerprint density at radius 3 is 2.27 bits per heavy atom. The van der Waals surface area contributed by atoms with Crippen LogP contribution in [0.15, 0.2) is 66.7 Å². The second-order valence-corrected chi connectivity index (χ2v) is 6.59. The van der Waals surface area contributed by atoms with Crippen LogP contribution in [0.3, 0.4) is 0 Å². The molecule has 0 saturated carbocycles. The average molecular weight is 346 g/mol. The van der Waals surface area contributed by atoms with Crippen molar-refractivity contribution in [2.45, 2.75) is 26.2 Å². The molecule has 3 aromatic carbocycles. The first-order chi connectivity index (χ1) is 12.5. The van der Waals surface area contributed by atoms with Crippen LogP contribution in [0.5, 0.6) is 0 Å². The van der Waals surface area contributed by atoms with Gasteiger partial charge in [-0.25, -0.2) is 0 Å². The van der Waals surface area contributed by atoms with E-state index in [1.54, 1.807) is 12.1 Å². The predicted molar refractivity (Wildman–Crippen MR) is 104 cm³/mol. The fourth-order valence-corrected chi connectivity index (χ4v) is 2.88. The Hall–Kier alpha value is -3.14. The van der Waals surface area contributed by atoms with Gasteiger partial charge in [0.2, 0.25) is 5.91 Å². The highest BCUT2D eigenvalue weighted by Gasteiger charge is 2.10.